The van der Waals surface area contributed by atoms with Gasteiger partial charge in [-0.05, 0) is 13.0 Å². The van der Waals surface area contributed by atoms with Gasteiger partial charge in [0.05, 0.1) is 16.9 Å². The Bertz CT molecular complexity index is 815. The molecule has 0 spiro atoms. The third kappa shape index (κ3) is 1.95. The van der Waals surface area contributed by atoms with Crippen LogP contribution in [0.1, 0.15) is 23.3 Å². The summed E-state index contributed by atoms with van der Waals surface area (Å²) >= 11 is 0. The Hall–Kier alpha value is -2.48. The number of rotatable bonds is 1. The van der Waals surface area contributed by atoms with Gasteiger partial charge in [-0.3, -0.25) is 4.79 Å². The van der Waals surface area contributed by atoms with Crippen molar-refractivity contribution >= 4 is 16.9 Å². The number of pyridine rings is 1. The molecule has 6 nitrogen and oxygen atoms in total. The van der Waals surface area contributed by atoms with Crippen LogP contribution in [-0.2, 0) is 0 Å². The van der Waals surface area contributed by atoms with E-state index in [2.05, 4.69) is 0 Å². The Morgan fingerprint density at radius 2 is 2.14 bits per heavy atom. The van der Waals surface area contributed by atoms with Gasteiger partial charge in [-0.2, -0.15) is 4.39 Å². The lowest BCUT2D eigenvalue weighted by molar-refractivity contribution is 0.0694. The lowest BCUT2D eigenvalue weighted by Crippen LogP contribution is -2.27. The van der Waals surface area contributed by atoms with Gasteiger partial charge in [0.2, 0.25) is 11.2 Å². The number of hydrogen-bond donors (Lipinski definition) is 1. The summed E-state index contributed by atoms with van der Waals surface area (Å²) in [6.45, 7) is 1.78. The number of aromatic carboxylic acids is 1. The van der Waals surface area contributed by atoms with Crippen molar-refractivity contribution in [3.63, 3.8) is 0 Å². The minimum absolute atomic E-state index is 0. The van der Waals surface area contributed by atoms with Crippen LogP contribution in [0.15, 0.2) is 17.1 Å². The first-order chi connectivity index (χ1) is 9.41. The van der Waals surface area contributed by atoms with Crippen molar-refractivity contribution in [3.05, 3.63) is 39.7 Å². The van der Waals surface area contributed by atoms with Crippen LogP contribution < -0.4 is 10.2 Å². The predicted octanol–water partition coefficient (Wildman–Crippen LogP) is 1.11. The minimum Gasteiger partial charge on any atom is -0.486 e. The zero-order valence-corrected chi connectivity index (χ0v) is 10.8. The van der Waals surface area contributed by atoms with Crippen LogP contribution >= 0.6 is 0 Å². The molecule has 0 fully saturated rings. The number of carbonyl (C=O) groups is 1. The molecule has 0 bridgehead atoms. The summed E-state index contributed by atoms with van der Waals surface area (Å²) in [5.74, 6) is -4.19. The molecule has 21 heavy (non-hydrogen) atoms. The normalized spacial score (nSPS) is 16.2. The molecule has 0 saturated heterocycles. The average molecular weight is 299 g/mol. The zero-order chi connectivity index (χ0) is 14.6. The molecule has 3 N–H and O–H groups in total. The first-order valence-electron chi connectivity index (χ1n) is 5.84. The molecule has 0 radical (unpaired) electrons. The van der Waals surface area contributed by atoms with E-state index >= 15 is 0 Å². The third-order valence-electron chi connectivity index (χ3n) is 3.34. The van der Waals surface area contributed by atoms with Crippen LogP contribution in [0.4, 0.5) is 8.78 Å². The molecule has 8 heteroatoms. The van der Waals surface area contributed by atoms with E-state index in [0.29, 0.717) is 6.07 Å². The van der Waals surface area contributed by atoms with Crippen LogP contribution in [0.2, 0.25) is 0 Å². The smallest absolute Gasteiger partial charge is 0.341 e. The van der Waals surface area contributed by atoms with Crippen molar-refractivity contribution in [1.82, 2.24) is 4.57 Å². The van der Waals surface area contributed by atoms with E-state index in [1.807, 2.05) is 0 Å². The molecule has 2 heterocycles. The molecule has 0 amide bonds. The van der Waals surface area contributed by atoms with Crippen molar-refractivity contribution in [2.75, 3.05) is 6.61 Å². The van der Waals surface area contributed by atoms with E-state index < -0.39 is 28.6 Å². The average Bonchev–Trinajstić information content (AvgIpc) is 2.39. The Kier molecular flexibility index (Phi) is 3.42. The summed E-state index contributed by atoms with van der Waals surface area (Å²) in [6.07, 6.45) is 1.14. The topological polar surface area (TPSA) is 100 Å². The molecule has 2 aromatic rings. The monoisotopic (exact) mass is 299 g/mol. The summed E-state index contributed by atoms with van der Waals surface area (Å²) in [7, 11) is 0. The maximum atomic E-state index is 13.7. The maximum absolute atomic E-state index is 13.7. The Morgan fingerprint density at radius 3 is 2.76 bits per heavy atom. The van der Waals surface area contributed by atoms with E-state index in [9.17, 15) is 18.4 Å². The molecule has 112 valence electrons. The molecule has 1 aliphatic heterocycles. The van der Waals surface area contributed by atoms with Gasteiger partial charge in [0, 0.05) is 6.20 Å². The van der Waals surface area contributed by atoms with E-state index in [-0.39, 0.29) is 34.8 Å². The van der Waals surface area contributed by atoms with Crippen molar-refractivity contribution in [3.8, 4) is 5.75 Å². The highest BCUT2D eigenvalue weighted by Crippen LogP contribution is 2.35. The number of carboxylic acid groups (broad SMARTS) is 1. The number of hydrogen-bond acceptors (Lipinski definition) is 3. The highest BCUT2D eigenvalue weighted by atomic mass is 19.2. The molecule has 1 aromatic heterocycles. The number of nitrogens with zero attached hydrogens (tertiary/aromatic N) is 1. The number of halogens is 2. The SMILES string of the molecule is CC1COc2c(F)c(F)cc3c(=O)c(C(=O)O)cn1c23.O. The second-order valence-electron chi connectivity index (χ2n) is 4.64. The molecule has 1 unspecified atom stereocenters. The number of benzene rings is 1. The van der Waals surface area contributed by atoms with E-state index in [4.69, 9.17) is 9.84 Å². The highest BCUT2D eigenvalue weighted by molar-refractivity contribution is 5.94. The third-order valence-corrected chi connectivity index (χ3v) is 3.34. The largest absolute Gasteiger partial charge is 0.486 e. The fourth-order valence-electron chi connectivity index (χ4n) is 2.35. The second-order valence-corrected chi connectivity index (χ2v) is 4.64. The summed E-state index contributed by atoms with van der Waals surface area (Å²) in [4.78, 5) is 23.1. The lowest BCUT2D eigenvalue weighted by Gasteiger charge is -2.27. The Morgan fingerprint density at radius 1 is 1.48 bits per heavy atom. The van der Waals surface area contributed by atoms with Gasteiger partial charge >= 0.3 is 5.97 Å². The molecule has 1 aromatic carbocycles. The minimum atomic E-state index is -1.41. The van der Waals surface area contributed by atoms with Crippen LogP contribution in [0.5, 0.6) is 5.75 Å². The Labute approximate surface area is 116 Å². The van der Waals surface area contributed by atoms with E-state index in [1.54, 1.807) is 6.92 Å². The molecule has 0 aliphatic carbocycles. The van der Waals surface area contributed by atoms with Gasteiger partial charge in [0.1, 0.15) is 12.2 Å². The molecular formula is C13H11F2NO5. The molecule has 3 rings (SSSR count). The summed E-state index contributed by atoms with van der Waals surface area (Å²) in [6, 6.07) is 0.412. The van der Waals surface area contributed by atoms with Gasteiger partial charge in [0.15, 0.2) is 11.6 Å². The molecule has 1 aliphatic rings. The van der Waals surface area contributed by atoms with Crippen LogP contribution in [0.3, 0.4) is 0 Å². The molecule has 1 atom stereocenters. The standard InChI is InChI=1S/C13H9F2NO4.H2O/c1-5-4-20-12-9(15)8(14)2-6-10(12)16(5)3-7(11(6)17)13(18)19;/h2-3,5H,4H2,1H3,(H,18,19);1H2. The predicted molar refractivity (Wildman–Crippen MR) is 68.9 cm³/mol. The maximum Gasteiger partial charge on any atom is 0.341 e. The van der Waals surface area contributed by atoms with Gasteiger partial charge in [-0.1, -0.05) is 0 Å². The number of aromatic nitrogens is 1. The fraction of sp³-hybridized carbons (Fsp3) is 0.231. The van der Waals surface area contributed by atoms with E-state index in [0.717, 1.165) is 6.20 Å². The first kappa shape index (κ1) is 14.9. The molecular weight excluding hydrogens is 288 g/mol. The van der Waals surface area contributed by atoms with Gasteiger partial charge in [0.25, 0.3) is 0 Å². The first-order valence-corrected chi connectivity index (χ1v) is 5.84. The van der Waals surface area contributed by atoms with Crippen molar-refractivity contribution in [1.29, 1.82) is 0 Å². The van der Waals surface area contributed by atoms with Crippen molar-refractivity contribution in [2.45, 2.75) is 13.0 Å². The Balaban J connectivity index is 0.00000161. The van der Waals surface area contributed by atoms with Gasteiger partial charge < -0.3 is 19.9 Å². The van der Waals surface area contributed by atoms with Gasteiger partial charge in [-0.15, -0.1) is 0 Å². The summed E-state index contributed by atoms with van der Waals surface area (Å²) in [5.41, 5.74) is -1.26. The van der Waals surface area contributed by atoms with Crippen molar-refractivity contribution in [2.24, 2.45) is 0 Å². The summed E-state index contributed by atoms with van der Waals surface area (Å²) < 4.78 is 33.8. The lowest BCUT2D eigenvalue weighted by atomic mass is 10.1. The van der Waals surface area contributed by atoms with Crippen LogP contribution in [-0.4, -0.2) is 27.7 Å². The van der Waals surface area contributed by atoms with E-state index in [1.165, 1.54) is 4.57 Å². The van der Waals surface area contributed by atoms with Crippen molar-refractivity contribution < 1.29 is 28.9 Å². The summed E-state index contributed by atoms with van der Waals surface area (Å²) in [5, 5.41) is 8.83. The second kappa shape index (κ2) is 4.81. The zero-order valence-electron chi connectivity index (χ0n) is 10.8. The van der Waals surface area contributed by atoms with Gasteiger partial charge in [-0.25, -0.2) is 9.18 Å². The highest BCUT2D eigenvalue weighted by Gasteiger charge is 2.27. The fourth-order valence-corrected chi connectivity index (χ4v) is 2.35. The number of ether oxygens (including phenoxy) is 1. The number of carboxylic acids is 1. The molecule has 0 saturated carbocycles. The quantitative estimate of drug-likeness (QED) is 0.852. The van der Waals surface area contributed by atoms with Crippen LogP contribution in [0.25, 0.3) is 10.9 Å². The van der Waals surface area contributed by atoms with Crippen LogP contribution in [0, 0.1) is 11.6 Å².